The number of nitrogens with zero attached hydrogens (tertiary/aromatic N) is 3. The number of aryl methyl sites for hydroxylation is 1. The molecule has 2 heterocycles. The molecule has 10 nitrogen and oxygen atoms in total. The van der Waals surface area contributed by atoms with Gasteiger partial charge in [0.05, 0.1) is 28.1 Å². The third-order valence-corrected chi connectivity index (χ3v) is 8.98. The summed E-state index contributed by atoms with van der Waals surface area (Å²) in [5.41, 5.74) is 1.00. The molecule has 0 spiro atoms. The minimum atomic E-state index is -3.72. The van der Waals surface area contributed by atoms with Crippen LogP contribution in [0.3, 0.4) is 0 Å². The highest BCUT2D eigenvalue weighted by Gasteiger charge is 2.26. The summed E-state index contributed by atoms with van der Waals surface area (Å²) in [6, 6.07) is 9.49. The van der Waals surface area contributed by atoms with Gasteiger partial charge in [-0.1, -0.05) is 39.0 Å². The standard InChI is InChI=1S/C28H35N3O7S2/c1-6-36-26(32)11-12-31-22-13-23-24(38-17-37-23)14-25(22)39-28(31)29-27(33)20-7-9-21(10-8-20)40(34,35)30(15-18(2)3)16-19(4)5/h7-10,13-14,18-19H,6,11-12,15-17H2,1-5H3. The Morgan fingerprint density at radius 3 is 2.27 bits per heavy atom. The first kappa shape index (κ1) is 29.8. The number of carbonyl (C=O) groups is 2. The Labute approximate surface area is 238 Å². The third kappa shape index (κ3) is 6.73. The molecule has 1 aromatic heterocycles. The van der Waals surface area contributed by atoms with Gasteiger partial charge in [0.1, 0.15) is 0 Å². The lowest BCUT2D eigenvalue weighted by molar-refractivity contribution is -0.143. The normalized spacial score (nSPS) is 13.7. The lowest BCUT2D eigenvalue weighted by atomic mass is 10.2. The van der Waals surface area contributed by atoms with Crippen molar-refractivity contribution in [3.8, 4) is 11.5 Å². The van der Waals surface area contributed by atoms with E-state index in [4.69, 9.17) is 14.2 Å². The molecule has 0 saturated heterocycles. The molecular formula is C28H35N3O7S2. The van der Waals surface area contributed by atoms with Crippen LogP contribution >= 0.6 is 11.3 Å². The summed E-state index contributed by atoms with van der Waals surface area (Å²) < 4.78 is 46.8. The molecule has 0 aliphatic carbocycles. The van der Waals surface area contributed by atoms with Crippen molar-refractivity contribution in [2.24, 2.45) is 16.8 Å². The Morgan fingerprint density at radius 1 is 1.05 bits per heavy atom. The van der Waals surface area contributed by atoms with Gasteiger partial charge in [0.15, 0.2) is 16.3 Å². The largest absolute Gasteiger partial charge is 0.466 e. The third-order valence-electron chi connectivity index (χ3n) is 6.10. The molecule has 1 aliphatic rings. The summed E-state index contributed by atoms with van der Waals surface area (Å²) in [4.78, 5) is 30.1. The average Bonchev–Trinajstić information content (AvgIpc) is 3.48. The average molecular weight is 590 g/mol. The van der Waals surface area contributed by atoms with Crippen LogP contribution in [0.1, 0.15) is 51.4 Å². The maximum atomic E-state index is 13.3. The second-order valence-corrected chi connectivity index (χ2v) is 13.3. The lowest BCUT2D eigenvalue weighted by Gasteiger charge is -2.25. The van der Waals surface area contributed by atoms with Gasteiger partial charge >= 0.3 is 5.97 Å². The fraction of sp³-hybridized carbons (Fsp3) is 0.464. The first-order chi connectivity index (χ1) is 19.0. The second kappa shape index (κ2) is 12.5. The number of hydrogen-bond acceptors (Lipinski definition) is 8. The molecule has 216 valence electrons. The zero-order valence-corrected chi connectivity index (χ0v) is 25.0. The van der Waals surface area contributed by atoms with Crippen molar-refractivity contribution in [2.45, 2.75) is 52.5 Å². The summed E-state index contributed by atoms with van der Waals surface area (Å²) in [7, 11) is -3.72. The molecule has 0 radical (unpaired) electrons. The molecule has 12 heteroatoms. The smallest absolute Gasteiger partial charge is 0.307 e. The Hall–Kier alpha value is -3.22. The minimum Gasteiger partial charge on any atom is -0.466 e. The topological polar surface area (TPSA) is 117 Å². The zero-order valence-electron chi connectivity index (χ0n) is 23.4. The Balaban J connectivity index is 1.66. The van der Waals surface area contributed by atoms with E-state index in [1.165, 1.54) is 39.9 Å². The molecular weight excluding hydrogens is 554 g/mol. The SMILES string of the molecule is CCOC(=O)CCn1c(=NC(=O)c2ccc(S(=O)(=O)N(CC(C)C)CC(C)C)cc2)sc2cc3c(cc21)OCO3. The van der Waals surface area contributed by atoms with E-state index in [2.05, 4.69) is 4.99 Å². The van der Waals surface area contributed by atoms with Crippen molar-refractivity contribution >= 4 is 43.5 Å². The summed E-state index contributed by atoms with van der Waals surface area (Å²) in [5, 5.41) is 0. The Morgan fingerprint density at radius 2 is 1.68 bits per heavy atom. The van der Waals surface area contributed by atoms with Crippen LogP contribution in [0.5, 0.6) is 11.5 Å². The van der Waals surface area contributed by atoms with Gasteiger partial charge in [0.25, 0.3) is 5.91 Å². The number of fused-ring (bicyclic) bond motifs is 2. The molecule has 0 atom stereocenters. The predicted molar refractivity (Wildman–Crippen MR) is 152 cm³/mol. The molecule has 2 aromatic carbocycles. The summed E-state index contributed by atoms with van der Waals surface area (Å²) in [6.45, 7) is 11.1. The van der Waals surface area contributed by atoms with E-state index in [1.54, 1.807) is 11.5 Å². The molecule has 0 N–H and O–H groups in total. The fourth-order valence-corrected chi connectivity index (χ4v) is 7.18. The molecule has 40 heavy (non-hydrogen) atoms. The van der Waals surface area contributed by atoms with Gasteiger partial charge < -0.3 is 18.8 Å². The monoisotopic (exact) mass is 589 g/mol. The van der Waals surface area contributed by atoms with Crippen molar-refractivity contribution in [3.05, 3.63) is 46.8 Å². The summed E-state index contributed by atoms with van der Waals surface area (Å²) in [5.74, 6) is 0.641. The van der Waals surface area contributed by atoms with Crippen LogP contribution in [0.4, 0.5) is 0 Å². The lowest BCUT2D eigenvalue weighted by Crippen LogP contribution is -2.37. The van der Waals surface area contributed by atoms with Crippen molar-refractivity contribution in [1.29, 1.82) is 0 Å². The van der Waals surface area contributed by atoms with Crippen LogP contribution in [0.15, 0.2) is 46.3 Å². The van der Waals surface area contributed by atoms with E-state index in [1.807, 2.05) is 39.8 Å². The molecule has 3 aromatic rings. The van der Waals surface area contributed by atoms with Gasteiger partial charge in [-0.25, -0.2) is 8.42 Å². The van der Waals surface area contributed by atoms with Crippen LogP contribution in [0, 0.1) is 11.8 Å². The second-order valence-electron chi connectivity index (χ2n) is 10.3. The van der Waals surface area contributed by atoms with E-state index < -0.39 is 15.9 Å². The van der Waals surface area contributed by atoms with Crippen LogP contribution in [-0.4, -0.2) is 55.7 Å². The summed E-state index contributed by atoms with van der Waals surface area (Å²) in [6.07, 6.45) is 0.102. The number of amides is 1. The molecule has 1 aliphatic heterocycles. The van der Waals surface area contributed by atoms with Crippen LogP contribution in [0.2, 0.25) is 0 Å². The quantitative estimate of drug-likeness (QED) is 0.304. The van der Waals surface area contributed by atoms with Gasteiger partial charge in [0.2, 0.25) is 16.8 Å². The van der Waals surface area contributed by atoms with E-state index in [9.17, 15) is 18.0 Å². The Kier molecular flexibility index (Phi) is 9.32. The fourth-order valence-electron chi connectivity index (χ4n) is 4.35. The highest BCUT2D eigenvalue weighted by molar-refractivity contribution is 7.89. The highest BCUT2D eigenvalue weighted by Crippen LogP contribution is 2.37. The summed E-state index contributed by atoms with van der Waals surface area (Å²) >= 11 is 1.29. The highest BCUT2D eigenvalue weighted by atomic mass is 32.2. The van der Waals surface area contributed by atoms with Crippen LogP contribution in [0.25, 0.3) is 10.2 Å². The number of carbonyl (C=O) groups excluding carboxylic acids is 2. The number of ether oxygens (including phenoxy) is 3. The number of aromatic nitrogens is 1. The molecule has 0 saturated carbocycles. The number of benzene rings is 2. The number of thiazole rings is 1. The molecule has 0 bridgehead atoms. The first-order valence-electron chi connectivity index (χ1n) is 13.3. The molecule has 1 amide bonds. The van der Waals surface area contributed by atoms with E-state index in [0.29, 0.717) is 29.4 Å². The van der Waals surface area contributed by atoms with Gasteiger partial charge in [-0.2, -0.15) is 9.30 Å². The van der Waals surface area contributed by atoms with Crippen LogP contribution < -0.4 is 14.3 Å². The number of sulfonamides is 1. The maximum absolute atomic E-state index is 13.3. The molecule has 0 fully saturated rings. The van der Waals surface area contributed by atoms with Gasteiger partial charge in [-0.3, -0.25) is 9.59 Å². The van der Waals surface area contributed by atoms with Crippen molar-refractivity contribution in [1.82, 2.24) is 8.87 Å². The van der Waals surface area contributed by atoms with Crippen molar-refractivity contribution in [2.75, 3.05) is 26.5 Å². The maximum Gasteiger partial charge on any atom is 0.307 e. The number of esters is 1. The zero-order chi connectivity index (χ0) is 29.0. The number of hydrogen-bond donors (Lipinski definition) is 0. The van der Waals surface area contributed by atoms with E-state index in [-0.39, 0.29) is 54.6 Å². The van der Waals surface area contributed by atoms with Crippen molar-refractivity contribution in [3.63, 3.8) is 0 Å². The van der Waals surface area contributed by atoms with Crippen molar-refractivity contribution < 1.29 is 32.2 Å². The number of rotatable bonds is 11. The predicted octanol–water partition coefficient (Wildman–Crippen LogP) is 4.43. The molecule has 0 unspecified atom stereocenters. The molecule has 4 rings (SSSR count). The van der Waals surface area contributed by atoms with E-state index >= 15 is 0 Å². The Bertz CT molecular complexity index is 1540. The van der Waals surface area contributed by atoms with Gasteiger partial charge in [-0.15, -0.1) is 0 Å². The van der Waals surface area contributed by atoms with Gasteiger partial charge in [-0.05, 0) is 43.0 Å². The van der Waals surface area contributed by atoms with Crippen LogP contribution in [-0.2, 0) is 26.1 Å². The van der Waals surface area contributed by atoms with E-state index in [0.717, 1.165) is 10.2 Å². The first-order valence-corrected chi connectivity index (χ1v) is 15.5. The minimum absolute atomic E-state index is 0.102. The van der Waals surface area contributed by atoms with Gasteiger partial charge in [0, 0.05) is 37.3 Å².